The maximum atomic E-state index is 13.2. The van der Waals surface area contributed by atoms with Gasteiger partial charge in [0.1, 0.15) is 0 Å². The fourth-order valence-electron chi connectivity index (χ4n) is 4.16. The minimum absolute atomic E-state index is 0.0450. The summed E-state index contributed by atoms with van der Waals surface area (Å²) < 4.78 is 39.6. The van der Waals surface area contributed by atoms with E-state index >= 15 is 0 Å². The Hall–Kier alpha value is -2.58. The molecule has 9 heteroatoms. The summed E-state index contributed by atoms with van der Waals surface area (Å²) in [6.45, 7) is 6.67. The smallest absolute Gasteiger partial charge is 0.353 e. The van der Waals surface area contributed by atoms with Crippen molar-refractivity contribution in [1.82, 2.24) is 15.1 Å². The molecule has 2 saturated heterocycles. The van der Waals surface area contributed by atoms with Gasteiger partial charge in [-0.05, 0) is 45.7 Å². The number of rotatable bonds is 3. The lowest BCUT2D eigenvalue weighted by Crippen LogP contribution is -2.48. The molecule has 1 atom stereocenters. The molecule has 0 radical (unpaired) electrons. The van der Waals surface area contributed by atoms with E-state index in [4.69, 9.17) is 0 Å². The van der Waals surface area contributed by atoms with Crippen LogP contribution in [0.15, 0.2) is 24.3 Å². The van der Waals surface area contributed by atoms with Crippen LogP contribution in [-0.2, 0) is 15.8 Å². The van der Waals surface area contributed by atoms with Crippen molar-refractivity contribution in [3.05, 3.63) is 35.4 Å². The first-order chi connectivity index (χ1) is 14.4. The lowest BCUT2D eigenvalue weighted by molar-refractivity contribution is -0.138. The number of benzene rings is 1. The Morgan fingerprint density at radius 1 is 1.06 bits per heavy atom. The zero-order chi connectivity index (χ0) is 23.0. The van der Waals surface area contributed by atoms with Crippen molar-refractivity contribution in [3.8, 4) is 0 Å². The van der Waals surface area contributed by atoms with Gasteiger partial charge >= 0.3 is 6.18 Å². The second-order valence-corrected chi connectivity index (χ2v) is 9.19. The summed E-state index contributed by atoms with van der Waals surface area (Å²) in [4.78, 5) is 40.6. The van der Waals surface area contributed by atoms with Crippen molar-refractivity contribution in [2.24, 2.45) is 5.92 Å². The van der Waals surface area contributed by atoms with Gasteiger partial charge in [-0.3, -0.25) is 14.4 Å². The molecule has 2 heterocycles. The fourth-order valence-corrected chi connectivity index (χ4v) is 4.16. The highest BCUT2D eigenvalue weighted by atomic mass is 19.4. The maximum absolute atomic E-state index is 13.2. The Balaban J connectivity index is 1.56. The standard InChI is InChI=1S/C22H28F3N3O3/c1-21(2,3)28-13-14(12-18(28)29)19(30)26-15-8-10-27(11-9-15)20(31)16-6-4-5-7-17(16)22(23,24)25/h4-7,14-15H,8-13H2,1-3H3,(H,26,30). The minimum Gasteiger partial charge on any atom is -0.353 e. The Labute approximate surface area is 179 Å². The number of nitrogens with one attached hydrogen (secondary N) is 1. The molecular formula is C22H28F3N3O3. The van der Waals surface area contributed by atoms with Crippen LogP contribution in [0, 0.1) is 5.92 Å². The summed E-state index contributed by atoms with van der Waals surface area (Å²) in [5.74, 6) is -1.30. The zero-order valence-corrected chi connectivity index (χ0v) is 18.0. The van der Waals surface area contributed by atoms with Gasteiger partial charge in [0.05, 0.1) is 17.0 Å². The number of alkyl halides is 3. The van der Waals surface area contributed by atoms with E-state index in [1.807, 2.05) is 20.8 Å². The van der Waals surface area contributed by atoms with E-state index in [0.29, 0.717) is 19.4 Å². The van der Waals surface area contributed by atoms with Gasteiger partial charge in [0, 0.05) is 37.6 Å². The second-order valence-electron chi connectivity index (χ2n) is 9.19. The van der Waals surface area contributed by atoms with Crippen molar-refractivity contribution in [2.45, 2.75) is 57.8 Å². The van der Waals surface area contributed by atoms with Gasteiger partial charge in [0.15, 0.2) is 0 Å². The van der Waals surface area contributed by atoms with E-state index in [1.54, 1.807) is 4.90 Å². The highest BCUT2D eigenvalue weighted by Gasteiger charge is 2.40. The van der Waals surface area contributed by atoms with E-state index in [9.17, 15) is 27.6 Å². The molecule has 0 saturated carbocycles. The Morgan fingerprint density at radius 2 is 1.68 bits per heavy atom. The minimum atomic E-state index is -4.60. The monoisotopic (exact) mass is 439 g/mol. The third kappa shape index (κ3) is 5.19. The molecule has 2 fully saturated rings. The summed E-state index contributed by atoms with van der Waals surface area (Å²) in [5, 5.41) is 2.95. The molecule has 170 valence electrons. The molecule has 0 bridgehead atoms. The molecule has 6 nitrogen and oxygen atoms in total. The number of hydrogen-bond donors (Lipinski definition) is 1. The largest absolute Gasteiger partial charge is 0.417 e. The van der Waals surface area contributed by atoms with Crippen LogP contribution in [0.4, 0.5) is 13.2 Å². The van der Waals surface area contributed by atoms with E-state index in [2.05, 4.69) is 5.32 Å². The van der Waals surface area contributed by atoms with E-state index in [1.165, 1.54) is 23.1 Å². The molecule has 0 aromatic heterocycles. The number of hydrogen-bond acceptors (Lipinski definition) is 3. The second kappa shape index (κ2) is 8.51. The number of halogens is 3. The summed E-state index contributed by atoms with van der Waals surface area (Å²) in [6.07, 6.45) is -3.52. The topological polar surface area (TPSA) is 69.7 Å². The van der Waals surface area contributed by atoms with Crippen molar-refractivity contribution < 1.29 is 27.6 Å². The van der Waals surface area contributed by atoms with Gasteiger partial charge in [-0.25, -0.2) is 0 Å². The Kier molecular flexibility index (Phi) is 6.34. The average molecular weight is 439 g/mol. The third-order valence-corrected chi connectivity index (χ3v) is 5.90. The molecule has 1 unspecified atom stereocenters. The highest BCUT2D eigenvalue weighted by molar-refractivity contribution is 5.96. The van der Waals surface area contributed by atoms with E-state index < -0.39 is 23.6 Å². The molecule has 1 aromatic rings. The summed E-state index contributed by atoms with van der Waals surface area (Å²) >= 11 is 0. The van der Waals surface area contributed by atoms with Crippen molar-refractivity contribution >= 4 is 17.7 Å². The SMILES string of the molecule is CC(C)(C)N1CC(C(=O)NC2CCN(C(=O)c3ccccc3C(F)(F)F)CC2)CC1=O. The Bertz CT molecular complexity index is 856. The lowest BCUT2D eigenvalue weighted by atomic mass is 10.00. The highest BCUT2D eigenvalue weighted by Crippen LogP contribution is 2.33. The molecule has 0 aliphatic carbocycles. The first kappa shape index (κ1) is 23.1. The molecule has 1 N–H and O–H groups in total. The molecule has 31 heavy (non-hydrogen) atoms. The van der Waals surface area contributed by atoms with Gasteiger partial charge in [-0.1, -0.05) is 12.1 Å². The van der Waals surface area contributed by atoms with Crippen molar-refractivity contribution in [2.75, 3.05) is 19.6 Å². The first-order valence-corrected chi connectivity index (χ1v) is 10.4. The normalized spacial score (nSPS) is 20.8. The molecule has 1 aromatic carbocycles. The van der Waals surface area contributed by atoms with Gasteiger partial charge in [-0.15, -0.1) is 0 Å². The van der Waals surface area contributed by atoms with Crippen LogP contribution < -0.4 is 5.32 Å². The number of nitrogens with zero attached hydrogens (tertiary/aromatic N) is 2. The van der Waals surface area contributed by atoms with Gasteiger partial charge < -0.3 is 15.1 Å². The van der Waals surface area contributed by atoms with Crippen LogP contribution >= 0.6 is 0 Å². The number of amides is 3. The number of carbonyl (C=O) groups is 3. The first-order valence-electron chi connectivity index (χ1n) is 10.4. The van der Waals surface area contributed by atoms with E-state index in [0.717, 1.165) is 6.07 Å². The summed E-state index contributed by atoms with van der Waals surface area (Å²) in [5.41, 5.74) is -1.64. The predicted molar refractivity (Wildman–Crippen MR) is 108 cm³/mol. The van der Waals surface area contributed by atoms with Crippen LogP contribution in [0.5, 0.6) is 0 Å². The fraction of sp³-hybridized carbons (Fsp3) is 0.591. The molecule has 3 amide bonds. The average Bonchev–Trinajstić information content (AvgIpc) is 3.10. The summed E-state index contributed by atoms with van der Waals surface area (Å²) in [7, 11) is 0. The number of likely N-dealkylation sites (tertiary alicyclic amines) is 2. The quantitative estimate of drug-likeness (QED) is 0.787. The zero-order valence-electron chi connectivity index (χ0n) is 18.0. The number of piperidine rings is 1. The molecule has 2 aliphatic heterocycles. The maximum Gasteiger partial charge on any atom is 0.417 e. The summed E-state index contributed by atoms with van der Waals surface area (Å²) in [6, 6.07) is 4.60. The van der Waals surface area contributed by atoms with Gasteiger partial charge in [-0.2, -0.15) is 13.2 Å². The molecule has 2 aliphatic rings. The van der Waals surface area contributed by atoms with Crippen molar-refractivity contribution in [1.29, 1.82) is 0 Å². The predicted octanol–water partition coefficient (Wildman–Crippen LogP) is 3.07. The molecular weight excluding hydrogens is 411 g/mol. The number of carbonyl (C=O) groups excluding carboxylic acids is 3. The van der Waals surface area contributed by atoms with E-state index in [-0.39, 0.29) is 48.5 Å². The van der Waals surface area contributed by atoms with Crippen LogP contribution in [0.25, 0.3) is 0 Å². The van der Waals surface area contributed by atoms with Crippen LogP contribution in [-0.4, -0.2) is 58.7 Å². The molecule has 0 spiro atoms. The van der Waals surface area contributed by atoms with Gasteiger partial charge in [0.2, 0.25) is 11.8 Å². The van der Waals surface area contributed by atoms with Crippen LogP contribution in [0.1, 0.15) is 56.0 Å². The Morgan fingerprint density at radius 3 is 2.23 bits per heavy atom. The van der Waals surface area contributed by atoms with Crippen LogP contribution in [0.2, 0.25) is 0 Å². The van der Waals surface area contributed by atoms with Gasteiger partial charge in [0.25, 0.3) is 5.91 Å². The lowest BCUT2D eigenvalue weighted by Gasteiger charge is -2.34. The molecule has 3 rings (SSSR count). The van der Waals surface area contributed by atoms with Crippen molar-refractivity contribution in [3.63, 3.8) is 0 Å². The third-order valence-electron chi connectivity index (χ3n) is 5.90. The van der Waals surface area contributed by atoms with Crippen LogP contribution in [0.3, 0.4) is 0 Å².